The Bertz CT molecular complexity index is 1060. The molecule has 8 heteroatoms. The van der Waals surface area contributed by atoms with Crippen molar-refractivity contribution in [3.8, 4) is 11.4 Å². The van der Waals surface area contributed by atoms with Gasteiger partial charge >= 0.3 is 0 Å². The van der Waals surface area contributed by atoms with E-state index in [0.717, 1.165) is 10.9 Å². The molecule has 1 N–H and O–H groups in total. The van der Waals surface area contributed by atoms with Crippen LogP contribution in [0.1, 0.15) is 10.4 Å². The predicted octanol–water partition coefficient (Wildman–Crippen LogP) is 2.02. The molecular weight excluding hydrogens is 344 g/mol. The van der Waals surface area contributed by atoms with E-state index in [-0.39, 0.29) is 5.91 Å². The summed E-state index contributed by atoms with van der Waals surface area (Å²) in [6, 6.07) is 16.7. The van der Waals surface area contributed by atoms with Gasteiger partial charge in [-0.25, -0.2) is 4.68 Å². The van der Waals surface area contributed by atoms with Crippen molar-refractivity contribution in [1.29, 1.82) is 0 Å². The minimum atomic E-state index is -0.190. The monoisotopic (exact) mass is 360 g/mol. The summed E-state index contributed by atoms with van der Waals surface area (Å²) in [6.45, 7) is 0.714. The average Bonchev–Trinajstić information content (AvgIpc) is 3.26. The number of hydrogen-bond acceptors (Lipinski definition) is 6. The largest absolute Gasteiger partial charge is 0.489 e. The first-order valence-electron chi connectivity index (χ1n) is 8.39. The fourth-order valence-electron chi connectivity index (χ4n) is 2.69. The lowest BCUT2D eigenvalue weighted by Gasteiger charge is -2.10. The third kappa shape index (κ3) is 3.74. The molecule has 27 heavy (non-hydrogen) atoms. The number of benzene rings is 2. The van der Waals surface area contributed by atoms with Crippen LogP contribution in [0.2, 0.25) is 0 Å². The van der Waals surface area contributed by atoms with Crippen LogP contribution in [-0.2, 0) is 0 Å². The molecule has 0 unspecified atom stereocenters. The van der Waals surface area contributed by atoms with Gasteiger partial charge < -0.3 is 10.1 Å². The summed E-state index contributed by atoms with van der Waals surface area (Å²) < 4.78 is 7.27. The zero-order valence-electron chi connectivity index (χ0n) is 14.3. The molecule has 0 fully saturated rings. The summed E-state index contributed by atoms with van der Waals surface area (Å²) in [4.78, 5) is 16.7. The topological polar surface area (TPSA) is 94.8 Å². The van der Waals surface area contributed by atoms with E-state index in [2.05, 4.69) is 25.8 Å². The molecule has 0 aliphatic heterocycles. The fourth-order valence-corrected chi connectivity index (χ4v) is 2.69. The highest BCUT2D eigenvalue weighted by molar-refractivity contribution is 5.94. The summed E-state index contributed by atoms with van der Waals surface area (Å²) in [5, 5.41) is 14.9. The predicted molar refractivity (Wildman–Crippen MR) is 98.7 cm³/mol. The molecule has 0 spiro atoms. The second kappa shape index (κ2) is 7.61. The van der Waals surface area contributed by atoms with Crippen LogP contribution in [0.4, 0.5) is 0 Å². The second-order valence-electron chi connectivity index (χ2n) is 5.74. The Morgan fingerprint density at radius 3 is 2.89 bits per heavy atom. The number of aromatic nitrogens is 5. The molecule has 2 aromatic carbocycles. The van der Waals surface area contributed by atoms with Crippen LogP contribution in [-0.4, -0.2) is 44.3 Å². The summed E-state index contributed by atoms with van der Waals surface area (Å²) in [5.41, 5.74) is 2.04. The van der Waals surface area contributed by atoms with Gasteiger partial charge in [0, 0.05) is 17.1 Å². The van der Waals surface area contributed by atoms with Crippen molar-refractivity contribution in [3.63, 3.8) is 0 Å². The van der Waals surface area contributed by atoms with Gasteiger partial charge in [0.05, 0.1) is 12.2 Å². The number of tetrazole rings is 1. The van der Waals surface area contributed by atoms with Gasteiger partial charge in [0.2, 0.25) is 0 Å². The highest BCUT2D eigenvalue weighted by Gasteiger charge is 2.08. The lowest BCUT2D eigenvalue weighted by atomic mass is 10.2. The van der Waals surface area contributed by atoms with E-state index in [4.69, 9.17) is 4.74 Å². The van der Waals surface area contributed by atoms with Crippen LogP contribution >= 0.6 is 0 Å². The van der Waals surface area contributed by atoms with E-state index >= 15 is 0 Å². The zero-order chi connectivity index (χ0) is 18.5. The number of amides is 1. The van der Waals surface area contributed by atoms with Crippen LogP contribution in [0.15, 0.2) is 67.1 Å². The molecule has 8 nitrogen and oxygen atoms in total. The number of fused-ring (bicyclic) bond motifs is 1. The Kier molecular flexibility index (Phi) is 4.69. The number of hydrogen-bond donors (Lipinski definition) is 1. The Hall–Kier alpha value is -3.81. The highest BCUT2D eigenvalue weighted by Crippen LogP contribution is 2.22. The third-order valence-electron chi connectivity index (χ3n) is 3.96. The first-order valence-corrected chi connectivity index (χ1v) is 8.39. The van der Waals surface area contributed by atoms with E-state index < -0.39 is 0 Å². The molecule has 0 aliphatic carbocycles. The zero-order valence-corrected chi connectivity index (χ0v) is 14.3. The molecule has 0 saturated carbocycles. The Labute approximate surface area is 154 Å². The normalized spacial score (nSPS) is 10.7. The molecule has 0 aliphatic rings. The van der Waals surface area contributed by atoms with Crippen LogP contribution < -0.4 is 10.1 Å². The highest BCUT2D eigenvalue weighted by atomic mass is 16.5. The standard InChI is InChI=1S/C19H16N6O2/c26-19(15-5-1-7-16(12-15)25-13-22-23-24-25)21-10-11-27-17-8-2-4-14-6-3-9-20-18(14)17/h1-9,12-13H,10-11H2,(H,21,26). The van der Waals surface area contributed by atoms with Gasteiger partial charge in [0.1, 0.15) is 24.2 Å². The molecule has 4 aromatic rings. The molecule has 0 radical (unpaired) electrons. The van der Waals surface area contributed by atoms with E-state index in [1.54, 1.807) is 24.4 Å². The minimum absolute atomic E-state index is 0.190. The second-order valence-corrected chi connectivity index (χ2v) is 5.74. The molecule has 2 aromatic heterocycles. The number of ether oxygens (including phenoxy) is 1. The summed E-state index contributed by atoms with van der Waals surface area (Å²) >= 11 is 0. The first kappa shape index (κ1) is 16.6. The molecule has 1 amide bonds. The van der Waals surface area contributed by atoms with E-state index in [9.17, 15) is 4.79 Å². The smallest absolute Gasteiger partial charge is 0.251 e. The lowest BCUT2D eigenvalue weighted by molar-refractivity contribution is 0.0947. The van der Waals surface area contributed by atoms with Gasteiger partial charge in [-0.2, -0.15) is 0 Å². The van der Waals surface area contributed by atoms with Crippen molar-refractivity contribution in [2.45, 2.75) is 0 Å². The van der Waals surface area contributed by atoms with Gasteiger partial charge in [0.25, 0.3) is 5.91 Å². The van der Waals surface area contributed by atoms with Crippen molar-refractivity contribution in [2.24, 2.45) is 0 Å². The summed E-state index contributed by atoms with van der Waals surface area (Å²) in [5.74, 6) is 0.507. The van der Waals surface area contributed by atoms with Crippen LogP contribution in [0.5, 0.6) is 5.75 Å². The third-order valence-corrected chi connectivity index (χ3v) is 3.96. The molecule has 0 atom stereocenters. The number of nitrogens with one attached hydrogen (secondary N) is 1. The first-order chi connectivity index (χ1) is 13.3. The molecule has 4 rings (SSSR count). The maximum absolute atomic E-state index is 12.4. The van der Waals surface area contributed by atoms with E-state index in [0.29, 0.717) is 30.2 Å². The van der Waals surface area contributed by atoms with Crippen molar-refractivity contribution in [3.05, 3.63) is 72.7 Å². The van der Waals surface area contributed by atoms with E-state index in [1.165, 1.54) is 11.0 Å². The van der Waals surface area contributed by atoms with Gasteiger partial charge in [-0.3, -0.25) is 9.78 Å². The minimum Gasteiger partial charge on any atom is -0.489 e. The van der Waals surface area contributed by atoms with Crippen LogP contribution in [0.3, 0.4) is 0 Å². The Morgan fingerprint density at radius 1 is 1.11 bits per heavy atom. The number of rotatable bonds is 6. The van der Waals surface area contributed by atoms with Gasteiger partial charge in [-0.15, -0.1) is 5.10 Å². The Balaban J connectivity index is 1.35. The molecule has 2 heterocycles. The van der Waals surface area contributed by atoms with Crippen molar-refractivity contribution >= 4 is 16.8 Å². The summed E-state index contributed by atoms with van der Waals surface area (Å²) in [6.07, 6.45) is 3.21. The van der Waals surface area contributed by atoms with Gasteiger partial charge in [0.15, 0.2) is 0 Å². The summed E-state index contributed by atoms with van der Waals surface area (Å²) in [7, 11) is 0. The maximum atomic E-state index is 12.4. The number of para-hydroxylation sites is 1. The average molecular weight is 360 g/mol. The number of pyridine rings is 1. The Morgan fingerprint density at radius 2 is 2.00 bits per heavy atom. The van der Waals surface area contributed by atoms with E-state index in [1.807, 2.05) is 36.4 Å². The quantitative estimate of drug-likeness (QED) is 0.529. The van der Waals surface area contributed by atoms with Crippen LogP contribution in [0.25, 0.3) is 16.6 Å². The number of carbonyl (C=O) groups excluding carboxylic acids is 1. The van der Waals surface area contributed by atoms with Crippen molar-refractivity contribution in [2.75, 3.05) is 13.2 Å². The fraction of sp³-hybridized carbons (Fsp3) is 0.105. The molecule has 0 saturated heterocycles. The van der Waals surface area contributed by atoms with Crippen molar-refractivity contribution in [1.82, 2.24) is 30.5 Å². The maximum Gasteiger partial charge on any atom is 0.251 e. The molecule has 134 valence electrons. The SMILES string of the molecule is O=C(NCCOc1cccc2cccnc12)c1cccc(-n2cnnn2)c1. The van der Waals surface area contributed by atoms with Crippen LogP contribution in [0, 0.1) is 0 Å². The van der Waals surface area contributed by atoms with Gasteiger partial charge in [-0.1, -0.05) is 24.3 Å². The lowest BCUT2D eigenvalue weighted by Crippen LogP contribution is -2.28. The van der Waals surface area contributed by atoms with Gasteiger partial charge in [-0.05, 0) is 40.8 Å². The number of nitrogens with zero attached hydrogens (tertiary/aromatic N) is 5. The van der Waals surface area contributed by atoms with Crippen molar-refractivity contribution < 1.29 is 9.53 Å². The molecule has 0 bridgehead atoms. The molecular formula is C19H16N6O2. The number of carbonyl (C=O) groups is 1.